The summed E-state index contributed by atoms with van der Waals surface area (Å²) in [4.78, 5) is 22.2. The zero-order valence-electron chi connectivity index (χ0n) is 8.45. The lowest BCUT2D eigenvalue weighted by atomic mass is 9.84. The van der Waals surface area contributed by atoms with Gasteiger partial charge in [0, 0.05) is 5.92 Å². The molecule has 0 aromatic carbocycles. The topological polar surface area (TPSA) is 66.4 Å². The molecule has 1 aliphatic carbocycles. The highest BCUT2D eigenvalue weighted by atomic mass is 16.4. The zero-order valence-corrected chi connectivity index (χ0v) is 8.45. The number of carboxylic acids is 1. The fourth-order valence-electron chi connectivity index (χ4n) is 1.51. The van der Waals surface area contributed by atoms with E-state index in [2.05, 4.69) is 5.32 Å². The Hall–Kier alpha value is -1.06. The lowest BCUT2D eigenvalue weighted by Gasteiger charge is -2.25. The van der Waals surface area contributed by atoms with Crippen LogP contribution in [-0.2, 0) is 9.59 Å². The van der Waals surface area contributed by atoms with Crippen LogP contribution in [0, 0.1) is 5.92 Å². The first kappa shape index (κ1) is 11.0. The van der Waals surface area contributed by atoms with Gasteiger partial charge in [-0.05, 0) is 19.3 Å². The maximum atomic E-state index is 11.4. The van der Waals surface area contributed by atoms with Gasteiger partial charge in [0.05, 0.1) is 0 Å². The quantitative estimate of drug-likeness (QED) is 0.698. The highest BCUT2D eigenvalue weighted by molar-refractivity contribution is 5.85. The van der Waals surface area contributed by atoms with Crippen LogP contribution in [0.5, 0.6) is 0 Å². The van der Waals surface area contributed by atoms with E-state index >= 15 is 0 Å². The summed E-state index contributed by atoms with van der Waals surface area (Å²) in [5.74, 6) is -0.953. The summed E-state index contributed by atoms with van der Waals surface area (Å²) in [6.45, 7) is 1.91. The molecule has 0 radical (unpaired) electrons. The van der Waals surface area contributed by atoms with E-state index in [0.29, 0.717) is 6.42 Å². The molecule has 1 atom stereocenters. The molecule has 2 N–H and O–H groups in total. The summed E-state index contributed by atoms with van der Waals surface area (Å²) < 4.78 is 0. The predicted octanol–water partition coefficient (Wildman–Crippen LogP) is 1.16. The molecule has 1 fully saturated rings. The Balaban J connectivity index is 2.37. The predicted molar refractivity (Wildman–Crippen MR) is 51.8 cm³/mol. The number of hydrogen-bond acceptors (Lipinski definition) is 2. The first-order chi connectivity index (χ1) is 6.65. The second kappa shape index (κ2) is 4.98. The van der Waals surface area contributed by atoms with Crippen LogP contribution >= 0.6 is 0 Å². The van der Waals surface area contributed by atoms with Gasteiger partial charge < -0.3 is 10.4 Å². The van der Waals surface area contributed by atoms with Gasteiger partial charge in [-0.2, -0.15) is 0 Å². The molecule has 0 saturated heterocycles. The van der Waals surface area contributed by atoms with Crippen molar-refractivity contribution in [3.8, 4) is 0 Å². The molecule has 1 rings (SSSR count). The molecule has 0 aromatic heterocycles. The minimum Gasteiger partial charge on any atom is -0.480 e. The highest BCUT2D eigenvalue weighted by Crippen LogP contribution is 2.26. The Labute approximate surface area is 83.7 Å². The highest BCUT2D eigenvalue weighted by Gasteiger charge is 2.28. The molecular weight excluding hydrogens is 182 g/mol. The number of carboxylic acid groups (broad SMARTS) is 1. The van der Waals surface area contributed by atoms with Crippen LogP contribution in [-0.4, -0.2) is 23.0 Å². The average Bonchev–Trinajstić information content (AvgIpc) is 1.99. The average molecular weight is 199 g/mol. The van der Waals surface area contributed by atoms with Crippen LogP contribution in [0.4, 0.5) is 0 Å². The first-order valence-corrected chi connectivity index (χ1v) is 5.18. The van der Waals surface area contributed by atoms with Crippen molar-refractivity contribution >= 4 is 11.9 Å². The number of rotatable bonds is 5. The van der Waals surface area contributed by atoms with E-state index in [1.54, 1.807) is 0 Å². The third-order valence-electron chi connectivity index (χ3n) is 2.67. The van der Waals surface area contributed by atoms with Gasteiger partial charge in [-0.1, -0.05) is 19.8 Å². The fourth-order valence-corrected chi connectivity index (χ4v) is 1.51. The Kier molecular flexibility index (Phi) is 3.92. The van der Waals surface area contributed by atoms with E-state index in [0.717, 1.165) is 25.7 Å². The van der Waals surface area contributed by atoms with Crippen molar-refractivity contribution in [3.63, 3.8) is 0 Å². The summed E-state index contributed by atoms with van der Waals surface area (Å²) in [5, 5.41) is 11.4. The van der Waals surface area contributed by atoms with Gasteiger partial charge in [-0.3, -0.25) is 4.79 Å². The molecule has 14 heavy (non-hydrogen) atoms. The molecule has 0 bridgehead atoms. The Morgan fingerprint density at radius 2 is 2.14 bits per heavy atom. The molecule has 4 heteroatoms. The fraction of sp³-hybridized carbons (Fsp3) is 0.800. The summed E-state index contributed by atoms with van der Waals surface area (Å²) in [5.41, 5.74) is 0. The number of hydrogen-bond donors (Lipinski definition) is 2. The van der Waals surface area contributed by atoms with Gasteiger partial charge in [0.15, 0.2) is 0 Å². The molecule has 80 valence electrons. The molecule has 1 aliphatic rings. The Morgan fingerprint density at radius 1 is 1.50 bits per heavy atom. The maximum Gasteiger partial charge on any atom is 0.326 e. The van der Waals surface area contributed by atoms with E-state index in [-0.39, 0.29) is 11.8 Å². The van der Waals surface area contributed by atoms with E-state index in [1.165, 1.54) is 0 Å². The molecular formula is C10H17NO3. The van der Waals surface area contributed by atoms with Crippen LogP contribution in [0.3, 0.4) is 0 Å². The smallest absolute Gasteiger partial charge is 0.326 e. The minimum absolute atomic E-state index is 0.0636. The van der Waals surface area contributed by atoms with Crippen molar-refractivity contribution in [1.82, 2.24) is 5.32 Å². The monoisotopic (exact) mass is 199 g/mol. The van der Waals surface area contributed by atoms with Crippen LogP contribution < -0.4 is 5.32 Å². The number of nitrogens with one attached hydrogen (secondary N) is 1. The molecule has 1 saturated carbocycles. The second-order valence-electron chi connectivity index (χ2n) is 3.82. The van der Waals surface area contributed by atoms with Crippen LogP contribution in [0.1, 0.15) is 39.0 Å². The number of amides is 1. The Bertz CT molecular complexity index is 223. The molecule has 0 unspecified atom stereocenters. The SMILES string of the molecule is CCC[C@H](NC(=O)C1CCC1)C(=O)O. The number of carbonyl (C=O) groups excluding carboxylic acids is 1. The second-order valence-corrected chi connectivity index (χ2v) is 3.82. The molecule has 0 heterocycles. The molecule has 1 amide bonds. The molecule has 0 aromatic rings. The third-order valence-corrected chi connectivity index (χ3v) is 2.67. The summed E-state index contributed by atoms with van der Waals surface area (Å²) in [6, 6.07) is -0.701. The first-order valence-electron chi connectivity index (χ1n) is 5.18. The third kappa shape index (κ3) is 2.72. The molecule has 4 nitrogen and oxygen atoms in total. The van der Waals surface area contributed by atoms with E-state index in [4.69, 9.17) is 5.11 Å². The Morgan fingerprint density at radius 3 is 2.50 bits per heavy atom. The van der Waals surface area contributed by atoms with Gasteiger partial charge in [0.25, 0.3) is 0 Å². The number of carbonyl (C=O) groups is 2. The van der Waals surface area contributed by atoms with Crippen molar-refractivity contribution in [3.05, 3.63) is 0 Å². The molecule has 0 spiro atoms. The standard InChI is InChI=1S/C10H17NO3/c1-2-4-8(10(13)14)11-9(12)7-5-3-6-7/h7-8H,2-6H2,1H3,(H,11,12)(H,13,14)/t8-/m0/s1. The maximum absolute atomic E-state index is 11.4. The van der Waals surface area contributed by atoms with Crippen molar-refractivity contribution in [1.29, 1.82) is 0 Å². The van der Waals surface area contributed by atoms with Gasteiger partial charge >= 0.3 is 5.97 Å². The van der Waals surface area contributed by atoms with E-state index in [9.17, 15) is 9.59 Å². The van der Waals surface area contributed by atoms with Gasteiger partial charge in [-0.25, -0.2) is 4.79 Å². The van der Waals surface area contributed by atoms with Crippen molar-refractivity contribution < 1.29 is 14.7 Å². The van der Waals surface area contributed by atoms with Crippen molar-refractivity contribution in [2.45, 2.75) is 45.1 Å². The van der Waals surface area contributed by atoms with Gasteiger partial charge in [-0.15, -0.1) is 0 Å². The van der Waals surface area contributed by atoms with Gasteiger partial charge in [0.2, 0.25) is 5.91 Å². The summed E-state index contributed by atoms with van der Waals surface area (Å²) in [6.07, 6.45) is 4.17. The van der Waals surface area contributed by atoms with E-state index in [1.807, 2.05) is 6.92 Å². The largest absolute Gasteiger partial charge is 0.480 e. The minimum atomic E-state index is -0.931. The van der Waals surface area contributed by atoms with Crippen LogP contribution in [0.2, 0.25) is 0 Å². The lowest BCUT2D eigenvalue weighted by Crippen LogP contribution is -2.45. The van der Waals surface area contributed by atoms with Crippen molar-refractivity contribution in [2.75, 3.05) is 0 Å². The molecule has 0 aliphatic heterocycles. The lowest BCUT2D eigenvalue weighted by molar-refractivity contribution is -0.143. The van der Waals surface area contributed by atoms with Gasteiger partial charge in [0.1, 0.15) is 6.04 Å². The van der Waals surface area contributed by atoms with E-state index < -0.39 is 12.0 Å². The zero-order chi connectivity index (χ0) is 10.6. The van der Waals surface area contributed by atoms with Crippen LogP contribution in [0.15, 0.2) is 0 Å². The van der Waals surface area contributed by atoms with Crippen molar-refractivity contribution in [2.24, 2.45) is 5.92 Å². The summed E-state index contributed by atoms with van der Waals surface area (Å²) in [7, 11) is 0. The van der Waals surface area contributed by atoms with Crippen LogP contribution in [0.25, 0.3) is 0 Å². The number of aliphatic carboxylic acids is 1. The summed E-state index contributed by atoms with van der Waals surface area (Å²) >= 11 is 0. The normalized spacial score (nSPS) is 18.4.